The summed E-state index contributed by atoms with van der Waals surface area (Å²) >= 11 is 3.42. The first kappa shape index (κ1) is 13.3. The van der Waals surface area contributed by atoms with Crippen LogP contribution in [0.4, 0.5) is 0 Å². The molecule has 0 saturated heterocycles. The van der Waals surface area contributed by atoms with Crippen LogP contribution in [0.3, 0.4) is 0 Å². The van der Waals surface area contributed by atoms with Crippen LogP contribution in [0.2, 0.25) is 0 Å². The van der Waals surface area contributed by atoms with Gasteiger partial charge in [0.25, 0.3) is 0 Å². The van der Waals surface area contributed by atoms with Gasteiger partial charge >= 0.3 is 0 Å². The van der Waals surface area contributed by atoms with Crippen LogP contribution in [0.25, 0.3) is 0 Å². The molecule has 0 fully saturated rings. The van der Waals surface area contributed by atoms with Crippen LogP contribution in [0.1, 0.15) is 18.0 Å². The predicted octanol–water partition coefficient (Wildman–Crippen LogP) is 1.85. The summed E-state index contributed by atoms with van der Waals surface area (Å²) in [6.07, 6.45) is 0.508. The maximum absolute atomic E-state index is 8.86. The van der Waals surface area contributed by atoms with Gasteiger partial charge in [-0.25, -0.2) is 0 Å². The summed E-state index contributed by atoms with van der Waals surface area (Å²) in [6, 6.07) is 3.41. The molecule has 4 nitrogen and oxygen atoms in total. The zero-order valence-corrected chi connectivity index (χ0v) is 11.0. The first-order valence-corrected chi connectivity index (χ1v) is 5.71. The van der Waals surface area contributed by atoms with E-state index in [0.717, 1.165) is 10.0 Å². The Labute approximate surface area is 103 Å². The molecule has 1 aromatic rings. The standard InChI is InChI=1S/C11H16BrNO3/c1-15-10-5-7(9(13)3-4-14)8(12)6-11(10)16-2/h5-6,9,14H,3-4,13H2,1-2H3. The van der Waals surface area contributed by atoms with Crippen LogP contribution < -0.4 is 15.2 Å². The quantitative estimate of drug-likeness (QED) is 0.868. The highest BCUT2D eigenvalue weighted by molar-refractivity contribution is 9.10. The van der Waals surface area contributed by atoms with E-state index in [1.54, 1.807) is 14.2 Å². The highest BCUT2D eigenvalue weighted by atomic mass is 79.9. The van der Waals surface area contributed by atoms with Gasteiger partial charge in [0.05, 0.1) is 14.2 Å². The van der Waals surface area contributed by atoms with Crippen LogP contribution in [0.15, 0.2) is 16.6 Å². The Morgan fingerprint density at radius 2 is 1.88 bits per heavy atom. The molecule has 0 aliphatic rings. The van der Waals surface area contributed by atoms with Crippen molar-refractivity contribution in [2.24, 2.45) is 5.73 Å². The van der Waals surface area contributed by atoms with Gasteiger partial charge in [0.2, 0.25) is 0 Å². The molecule has 5 heteroatoms. The molecule has 0 bridgehead atoms. The van der Waals surface area contributed by atoms with E-state index in [1.807, 2.05) is 12.1 Å². The number of methoxy groups -OCH3 is 2. The minimum absolute atomic E-state index is 0.0575. The van der Waals surface area contributed by atoms with Crippen molar-refractivity contribution in [2.75, 3.05) is 20.8 Å². The molecule has 0 amide bonds. The van der Waals surface area contributed by atoms with E-state index in [9.17, 15) is 0 Å². The topological polar surface area (TPSA) is 64.7 Å². The molecule has 1 unspecified atom stereocenters. The molecule has 0 aliphatic carbocycles. The maximum atomic E-state index is 8.86. The molecule has 3 N–H and O–H groups in total. The normalized spacial score (nSPS) is 12.3. The van der Waals surface area contributed by atoms with Gasteiger partial charge in [-0.1, -0.05) is 15.9 Å². The van der Waals surface area contributed by atoms with Crippen molar-refractivity contribution in [1.29, 1.82) is 0 Å². The van der Waals surface area contributed by atoms with Crippen molar-refractivity contribution in [3.63, 3.8) is 0 Å². The summed E-state index contributed by atoms with van der Waals surface area (Å²) in [5, 5.41) is 8.86. The Morgan fingerprint density at radius 1 is 1.31 bits per heavy atom. The molecule has 1 atom stereocenters. The van der Waals surface area contributed by atoms with Crippen LogP contribution in [-0.2, 0) is 0 Å². The Kier molecular flexibility index (Phi) is 5.05. The van der Waals surface area contributed by atoms with Gasteiger partial charge in [-0.3, -0.25) is 0 Å². The zero-order valence-electron chi connectivity index (χ0n) is 9.37. The lowest BCUT2D eigenvalue weighted by Crippen LogP contribution is -2.13. The average molecular weight is 290 g/mol. The molecule has 1 aromatic carbocycles. The average Bonchev–Trinajstić information content (AvgIpc) is 2.28. The zero-order chi connectivity index (χ0) is 12.1. The van der Waals surface area contributed by atoms with E-state index in [2.05, 4.69) is 15.9 Å². The molecule has 0 heterocycles. The van der Waals surface area contributed by atoms with Gasteiger partial charge in [0, 0.05) is 17.1 Å². The molecule has 0 aliphatic heterocycles. The monoisotopic (exact) mass is 289 g/mol. The molecule has 90 valence electrons. The van der Waals surface area contributed by atoms with Crippen molar-refractivity contribution >= 4 is 15.9 Å². The SMILES string of the molecule is COc1cc(Br)c(C(N)CCO)cc1OC. The number of ether oxygens (including phenoxy) is 2. The minimum Gasteiger partial charge on any atom is -0.493 e. The summed E-state index contributed by atoms with van der Waals surface area (Å²) in [4.78, 5) is 0. The lowest BCUT2D eigenvalue weighted by Gasteiger charge is -2.16. The molecule has 0 radical (unpaired) electrons. The lowest BCUT2D eigenvalue weighted by molar-refractivity contribution is 0.276. The Hall–Kier alpha value is -0.780. The molecule has 0 spiro atoms. The third-order valence-corrected chi connectivity index (χ3v) is 3.03. The largest absolute Gasteiger partial charge is 0.493 e. The highest BCUT2D eigenvalue weighted by Crippen LogP contribution is 2.36. The summed E-state index contributed by atoms with van der Waals surface area (Å²) in [6.45, 7) is 0.0575. The van der Waals surface area contributed by atoms with Crippen molar-refractivity contribution in [3.8, 4) is 11.5 Å². The van der Waals surface area contributed by atoms with E-state index >= 15 is 0 Å². The third-order valence-electron chi connectivity index (χ3n) is 2.34. The number of rotatable bonds is 5. The van der Waals surface area contributed by atoms with Crippen LogP contribution in [0, 0.1) is 0 Å². The molecular formula is C11H16BrNO3. The van der Waals surface area contributed by atoms with Crippen LogP contribution >= 0.6 is 15.9 Å². The van der Waals surface area contributed by atoms with Gasteiger partial charge < -0.3 is 20.3 Å². The summed E-state index contributed by atoms with van der Waals surface area (Å²) in [5.74, 6) is 1.28. The highest BCUT2D eigenvalue weighted by Gasteiger charge is 2.14. The van der Waals surface area contributed by atoms with E-state index in [1.165, 1.54) is 0 Å². The van der Waals surface area contributed by atoms with Gasteiger partial charge in [-0.15, -0.1) is 0 Å². The van der Waals surface area contributed by atoms with Gasteiger partial charge in [0.15, 0.2) is 11.5 Å². The van der Waals surface area contributed by atoms with Gasteiger partial charge in [-0.2, -0.15) is 0 Å². The molecule has 1 rings (SSSR count). The van der Waals surface area contributed by atoms with Crippen molar-refractivity contribution in [3.05, 3.63) is 22.2 Å². The number of hydrogen-bond acceptors (Lipinski definition) is 4. The number of hydrogen-bond donors (Lipinski definition) is 2. The summed E-state index contributed by atoms with van der Waals surface area (Å²) in [5.41, 5.74) is 6.83. The first-order chi connectivity index (χ1) is 7.63. The fourth-order valence-corrected chi connectivity index (χ4v) is 2.07. The van der Waals surface area contributed by atoms with Gasteiger partial charge in [-0.05, 0) is 24.1 Å². The predicted molar refractivity (Wildman–Crippen MR) is 65.9 cm³/mol. The molecule has 16 heavy (non-hydrogen) atoms. The Bertz CT molecular complexity index is 357. The minimum atomic E-state index is -0.223. The maximum Gasteiger partial charge on any atom is 0.161 e. The first-order valence-electron chi connectivity index (χ1n) is 4.91. The number of aliphatic hydroxyl groups excluding tert-OH is 1. The van der Waals surface area contributed by atoms with Crippen molar-refractivity contribution in [1.82, 2.24) is 0 Å². The lowest BCUT2D eigenvalue weighted by atomic mass is 10.0. The van der Waals surface area contributed by atoms with Gasteiger partial charge in [0.1, 0.15) is 0 Å². The fraction of sp³-hybridized carbons (Fsp3) is 0.455. The van der Waals surface area contributed by atoms with Crippen molar-refractivity contribution in [2.45, 2.75) is 12.5 Å². The Morgan fingerprint density at radius 3 is 2.38 bits per heavy atom. The summed E-state index contributed by atoms with van der Waals surface area (Å²) < 4.78 is 11.2. The number of halogens is 1. The number of nitrogens with two attached hydrogens (primary N) is 1. The third kappa shape index (κ3) is 2.87. The second-order valence-electron chi connectivity index (χ2n) is 3.35. The van der Waals surface area contributed by atoms with E-state index in [4.69, 9.17) is 20.3 Å². The number of benzene rings is 1. The summed E-state index contributed by atoms with van der Waals surface area (Å²) in [7, 11) is 3.16. The van der Waals surface area contributed by atoms with E-state index < -0.39 is 0 Å². The van der Waals surface area contributed by atoms with E-state index in [0.29, 0.717) is 17.9 Å². The number of aliphatic hydroxyl groups is 1. The second kappa shape index (κ2) is 6.08. The second-order valence-corrected chi connectivity index (χ2v) is 4.20. The smallest absolute Gasteiger partial charge is 0.161 e. The van der Waals surface area contributed by atoms with Crippen LogP contribution in [0.5, 0.6) is 11.5 Å². The Balaban J connectivity index is 3.10. The molecular weight excluding hydrogens is 274 g/mol. The van der Waals surface area contributed by atoms with Crippen molar-refractivity contribution < 1.29 is 14.6 Å². The molecule has 0 aromatic heterocycles. The van der Waals surface area contributed by atoms with E-state index in [-0.39, 0.29) is 12.6 Å². The fourth-order valence-electron chi connectivity index (χ4n) is 1.45. The molecule has 0 saturated carbocycles. The van der Waals surface area contributed by atoms with Crippen LogP contribution in [-0.4, -0.2) is 25.9 Å².